The van der Waals surface area contributed by atoms with Gasteiger partial charge in [-0.3, -0.25) is 15.0 Å². The molecule has 7 nitrogen and oxygen atoms in total. The highest BCUT2D eigenvalue weighted by molar-refractivity contribution is 9.10. The summed E-state index contributed by atoms with van der Waals surface area (Å²) in [5.41, 5.74) is 3.55. The number of aromatic nitrogens is 4. The SMILES string of the molecule is O=C(Nn1cnc2c(cnn2-c2cccc(Cl)c2)c1=O)c1ccccc1Br. The largest absolute Gasteiger partial charge is 0.283 e. The van der Waals surface area contributed by atoms with Gasteiger partial charge in [0.25, 0.3) is 11.5 Å². The van der Waals surface area contributed by atoms with Gasteiger partial charge in [0.1, 0.15) is 11.7 Å². The Balaban J connectivity index is 1.73. The number of amides is 1. The molecule has 0 saturated heterocycles. The number of fused-ring (bicyclic) bond motifs is 1. The van der Waals surface area contributed by atoms with Crippen molar-refractivity contribution < 1.29 is 4.79 Å². The van der Waals surface area contributed by atoms with E-state index in [-0.39, 0.29) is 5.39 Å². The van der Waals surface area contributed by atoms with Crippen LogP contribution in [0.5, 0.6) is 0 Å². The van der Waals surface area contributed by atoms with Gasteiger partial charge in [-0.25, -0.2) is 14.3 Å². The highest BCUT2D eigenvalue weighted by Crippen LogP contribution is 2.18. The molecule has 2 heterocycles. The zero-order chi connectivity index (χ0) is 19.0. The lowest BCUT2D eigenvalue weighted by Gasteiger charge is -2.09. The Morgan fingerprint density at radius 2 is 1.96 bits per heavy atom. The minimum atomic E-state index is -0.437. The Labute approximate surface area is 166 Å². The van der Waals surface area contributed by atoms with Crippen LogP contribution in [0.4, 0.5) is 0 Å². The molecule has 0 aliphatic rings. The average Bonchev–Trinajstić information content (AvgIpc) is 3.09. The van der Waals surface area contributed by atoms with Crippen LogP contribution >= 0.6 is 27.5 Å². The van der Waals surface area contributed by atoms with Gasteiger partial charge < -0.3 is 0 Å². The third kappa shape index (κ3) is 3.24. The van der Waals surface area contributed by atoms with E-state index in [9.17, 15) is 9.59 Å². The van der Waals surface area contributed by atoms with Gasteiger partial charge in [-0.2, -0.15) is 5.10 Å². The van der Waals surface area contributed by atoms with Gasteiger partial charge in [0.2, 0.25) is 0 Å². The van der Waals surface area contributed by atoms with Crippen molar-refractivity contribution in [2.24, 2.45) is 0 Å². The molecule has 0 aliphatic carbocycles. The van der Waals surface area contributed by atoms with Gasteiger partial charge in [-0.05, 0) is 46.3 Å². The van der Waals surface area contributed by atoms with E-state index in [4.69, 9.17) is 11.6 Å². The van der Waals surface area contributed by atoms with Crippen LogP contribution in [0.2, 0.25) is 5.02 Å². The summed E-state index contributed by atoms with van der Waals surface area (Å²) in [5, 5.41) is 5.04. The molecule has 0 fully saturated rings. The quantitative estimate of drug-likeness (QED) is 0.525. The zero-order valence-electron chi connectivity index (χ0n) is 13.6. The third-order valence-corrected chi connectivity index (χ3v) is 4.81. The van der Waals surface area contributed by atoms with Gasteiger partial charge >= 0.3 is 0 Å². The van der Waals surface area contributed by atoms with Crippen molar-refractivity contribution in [3.8, 4) is 5.69 Å². The topological polar surface area (TPSA) is 81.8 Å². The minimum absolute atomic E-state index is 0.268. The first-order valence-electron chi connectivity index (χ1n) is 7.82. The van der Waals surface area contributed by atoms with Gasteiger partial charge in [0.05, 0.1) is 17.4 Å². The molecule has 0 saturated carbocycles. The molecule has 1 amide bonds. The van der Waals surface area contributed by atoms with Crippen LogP contribution in [0.3, 0.4) is 0 Å². The number of nitrogens with zero attached hydrogens (tertiary/aromatic N) is 4. The molecule has 0 radical (unpaired) electrons. The first-order valence-corrected chi connectivity index (χ1v) is 8.99. The molecule has 4 rings (SSSR count). The van der Waals surface area contributed by atoms with E-state index in [1.54, 1.807) is 48.5 Å². The Morgan fingerprint density at radius 3 is 2.74 bits per heavy atom. The Morgan fingerprint density at radius 1 is 1.15 bits per heavy atom. The molecule has 0 spiro atoms. The predicted octanol–water partition coefficient (Wildman–Crippen LogP) is 3.38. The molecular formula is C18H11BrClN5O2. The summed E-state index contributed by atoms with van der Waals surface area (Å²) in [6, 6.07) is 14.0. The van der Waals surface area contributed by atoms with Crippen LogP contribution < -0.4 is 11.0 Å². The molecule has 4 aromatic rings. The monoisotopic (exact) mass is 443 g/mol. The van der Waals surface area contributed by atoms with E-state index in [0.29, 0.717) is 26.4 Å². The maximum absolute atomic E-state index is 12.7. The van der Waals surface area contributed by atoms with Crippen molar-refractivity contribution in [2.45, 2.75) is 0 Å². The highest BCUT2D eigenvalue weighted by Gasteiger charge is 2.14. The van der Waals surface area contributed by atoms with Gasteiger partial charge in [-0.1, -0.05) is 29.8 Å². The van der Waals surface area contributed by atoms with E-state index in [1.807, 2.05) is 0 Å². The summed E-state index contributed by atoms with van der Waals surface area (Å²) in [4.78, 5) is 29.4. The van der Waals surface area contributed by atoms with Crippen LogP contribution in [-0.4, -0.2) is 25.3 Å². The van der Waals surface area contributed by atoms with E-state index in [2.05, 4.69) is 31.4 Å². The molecule has 0 atom stereocenters. The van der Waals surface area contributed by atoms with Crippen LogP contribution in [0.15, 0.2) is 70.3 Å². The van der Waals surface area contributed by atoms with Crippen molar-refractivity contribution in [3.63, 3.8) is 0 Å². The number of rotatable bonds is 3. The summed E-state index contributed by atoms with van der Waals surface area (Å²) in [6.45, 7) is 0. The Bertz CT molecular complexity index is 1230. The van der Waals surface area contributed by atoms with Gasteiger partial charge in [-0.15, -0.1) is 0 Å². The second kappa shape index (κ2) is 6.98. The second-order valence-electron chi connectivity index (χ2n) is 5.61. The molecule has 2 aromatic carbocycles. The molecule has 1 N–H and O–H groups in total. The smallest absolute Gasteiger partial charge is 0.267 e. The fourth-order valence-corrected chi connectivity index (χ4v) is 3.25. The number of halogens is 2. The zero-order valence-corrected chi connectivity index (χ0v) is 16.0. The van der Waals surface area contributed by atoms with Crippen molar-refractivity contribution in [3.05, 3.63) is 86.5 Å². The molecule has 134 valence electrons. The van der Waals surface area contributed by atoms with Crippen molar-refractivity contribution in [1.82, 2.24) is 19.4 Å². The maximum atomic E-state index is 12.7. The van der Waals surface area contributed by atoms with Crippen LogP contribution in [0.1, 0.15) is 10.4 Å². The lowest BCUT2D eigenvalue weighted by molar-refractivity contribution is 0.101. The van der Waals surface area contributed by atoms with Crippen molar-refractivity contribution >= 4 is 44.5 Å². The van der Waals surface area contributed by atoms with Crippen LogP contribution in [-0.2, 0) is 0 Å². The number of carbonyl (C=O) groups is 1. The molecule has 9 heteroatoms. The fourth-order valence-electron chi connectivity index (χ4n) is 2.60. The first-order chi connectivity index (χ1) is 13.0. The average molecular weight is 445 g/mol. The minimum Gasteiger partial charge on any atom is -0.267 e. The standard InChI is InChI=1S/C18H11BrClN5O2/c19-15-7-2-1-6-13(15)17(26)23-24-10-21-16-14(18(24)27)9-22-25(16)12-5-3-4-11(20)8-12/h1-10H,(H,23,26). The Kier molecular flexibility index (Phi) is 4.51. The maximum Gasteiger partial charge on any atom is 0.283 e. The van der Waals surface area contributed by atoms with Gasteiger partial charge in [0.15, 0.2) is 5.65 Å². The summed E-state index contributed by atoms with van der Waals surface area (Å²) in [5.74, 6) is -0.437. The lowest BCUT2D eigenvalue weighted by atomic mass is 10.2. The van der Waals surface area contributed by atoms with E-state index in [0.717, 1.165) is 4.68 Å². The molecule has 0 bridgehead atoms. The summed E-state index contributed by atoms with van der Waals surface area (Å²) in [7, 11) is 0. The van der Waals surface area contributed by atoms with E-state index < -0.39 is 11.5 Å². The molecular weight excluding hydrogens is 434 g/mol. The Hall–Kier alpha value is -2.97. The number of hydrogen-bond acceptors (Lipinski definition) is 4. The summed E-state index contributed by atoms with van der Waals surface area (Å²) in [6.07, 6.45) is 2.66. The van der Waals surface area contributed by atoms with Crippen molar-refractivity contribution in [2.75, 3.05) is 5.43 Å². The van der Waals surface area contributed by atoms with Crippen molar-refractivity contribution in [1.29, 1.82) is 0 Å². The number of hydrogen-bond donors (Lipinski definition) is 1. The molecule has 2 aromatic heterocycles. The predicted molar refractivity (Wildman–Crippen MR) is 106 cm³/mol. The first kappa shape index (κ1) is 17.4. The highest BCUT2D eigenvalue weighted by atomic mass is 79.9. The van der Waals surface area contributed by atoms with E-state index >= 15 is 0 Å². The fraction of sp³-hybridized carbons (Fsp3) is 0. The second-order valence-corrected chi connectivity index (χ2v) is 6.90. The third-order valence-electron chi connectivity index (χ3n) is 3.88. The molecule has 27 heavy (non-hydrogen) atoms. The van der Waals surface area contributed by atoms with Crippen LogP contribution in [0, 0.1) is 0 Å². The van der Waals surface area contributed by atoms with E-state index in [1.165, 1.54) is 17.2 Å². The number of nitrogens with one attached hydrogen (secondary N) is 1. The normalized spacial score (nSPS) is 10.9. The summed E-state index contributed by atoms with van der Waals surface area (Å²) < 4.78 is 3.18. The number of benzene rings is 2. The van der Waals surface area contributed by atoms with Crippen LogP contribution in [0.25, 0.3) is 16.7 Å². The molecule has 0 aliphatic heterocycles. The summed E-state index contributed by atoms with van der Waals surface area (Å²) >= 11 is 9.33. The lowest BCUT2D eigenvalue weighted by Crippen LogP contribution is -2.33. The van der Waals surface area contributed by atoms with Gasteiger partial charge in [0, 0.05) is 9.50 Å². The number of carbonyl (C=O) groups excluding carboxylic acids is 1. The molecule has 0 unspecified atom stereocenters.